The van der Waals surface area contributed by atoms with Gasteiger partial charge in [-0.3, -0.25) is 14.9 Å². The van der Waals surface area contributed by atoms with Gasteiger partial charge < -0.3 is 19.6 Å². The maximum absolute atomic E-state index is 12.4. The molecule has 28 heavy (non-hydrogen) atoms. The molecule has 0 fully saturated rings. The number of hydrogen-bond donors (Lipinski definition) is 2. The molecule has 0 aliphatic rings. The summed E-state index contributed by atoms with van der Waals surface area (Å²) in [6, 6.07) is 12.8. The van der Waals surface area contributed by atoms with Gasteiger partial charge in [-0.05, 0) is 42.5 Å². The van der Waals surface area contributed by atoms with Gasteiger partial charge in [0.2, 0.25) is 0 Å². The monoisotopic (exact) mass is 382 g/mol. The zero-order valence-corrected chi connectivity index (χ0v) is 14.5. The maximum Gasteiger partial charge on any atom is 0.335 e. The summed E-state index contributed by atoms with van der Waals surface area (Å²) >= 11 is 0. The van der Waals surface area contributed by atoms with Gasteiger partial charge in [0.1, 0.15) is 11.5 Å². The fourth-order valence-electron chi connectivity index (χ4n) is 2.53. The van der Waals surface area contributed by atoms with Crippen molar-refractivity contribution >= 4 is 23.3 Å². The van der Waals surface area contributed by atoms with E-state index < -0.39 is 16.8 Å². The lowest BCUT2D eigenvalue weighted by molar-refractivity contribution is -0.384. The number of carboxylic acid groups (broad SMARTS) is 1. The number of carbonyl (C=O) groups excluding carboxylic acids is 1. The SMILES string of the molecule is COc1ccc(-c2ccc(C(=O)Nc3cccc(C(=O)O)c3)o2)c([N+](=O)[O-])c1. The minimum absolute atomic E-state index is 0.0202. The van der Waals surface area contributed by atoms with Crippen molar-refractivity contribution in [3.05, 3.63) is 76.0 Å². The van der Waals surface area contributed by atoms with Gasteiger partial charge in [0.05, 0.1) is 29.2 Å². The first-order valence-corrected chi connectivity index (χ1v) is 7.96. The van der Waals surface area contributed by atoms with Gasteiger partial charge in [0.25, 0.3) is 11.6 Å². The summed E-state index contributed by atoms with van der Waals surface area (Å²) in [5, 5.41) is 22.8. The van der Waals surface area contributed by atoms with Crippen molar-refractivity contribution in [2.24, 2.45) is 0 Å². The first kappa shape index (κ1) is 18.6. The third kappa shape index (κ3) is 3.83. The highest BCUT2D eigenvalue weighted by atomic mass is 16.6. The molecule has 0 aliphatic carbocycles. The summed E-state index contributed by atoms with van der Waals surface area (Å²) in [6.45, 7) is 0. The van der Waals surface area contributed by atoms with Crippen LogP contribution < -0.4 is 10.1 Å². The Bertz CT molecular complexity index is 1070. The largest absolute Gasteiger partial charge is 0.497 e. The number of amides is 1. The Morgan fingerprint density at radius 2 is 1.93 bits per heavy atom. The second kappa shape index (κ2) is 7.62. The lowest BCUT2D eigenvalue weighted by atomic mass is 10.1. The molecule has 1 amide bonds. The molecule has 0 bridgehead atoms. The topological polar surface area (TPSA) is 132 Å². The number of nitro groups is 1. The number of nitrogens with zero attached hydrogens (tertiary/aromatic N) is 1. The average molecular weight is 382 g/mol. The molecule has 0 radical (unpaired) electrons. The first-order valence-electron chi connectivity index (χ1n) is 7.96. The van der Waals surface area contributed by atoms with Crippen molar-refractivity contribution < 1.29 is 28.8 Å². The van der Waals surface area contributed by atoms with Crippen LogP contribution in [0.1, 0.15) is 20.9 Å². The number of hydrogen-bond acceptors (Lipinski definition) is 6. The van der Waals surface area contributed by atoms with Gasteiger partial charge in [-0.1, -0.05) is 6.07 Å². The molecule has 1 aromatic heterocycles. The Kier molecular flexibility index (Phi) is 5.07. The van der Waals surface area contributed by atoms with E-state index in [1.54, 1.807) is 6.07 Å². The van der Waals surface area contributed by atoms with Crippen LogP contribution in [-0.4, -0.2) is 29.0 Å². The van der Waals surface area contributed by atoms with Gasteiger partial charge in [0.15, 0.2) is 5.76 Å². The Balaban J connectivity index is 1.86. The number of nitro benzene ring substituents is 1. The van der Waals surface area contributed by atoms with E-state index in [0.29, 0.717) is 5.75 Å². The maximum atomic E-state index is 12.4. The quantitative estimate of drug-likeness (QED) is 0.489. The van der Waals surface area contributed by atoms with Gasteiger partial charge in [-0.25, -0.2) is 4.79 Å². The van der Waals surface area contributed by atoms with Crippen molar-refractivity contribution in [2.45, 2.75) is 0 Å². The lowest BCUT2D eigenvalue weighted by Gasteiger charge is -2.05. The number of rotatable bonds is 6. The summed E-state index contributed by atoms with van der Waals surface area (Å²) < 4.78 is 10.5. The van der Waals surface area contributed by atoms with Gasteiger partial charge in [0, 0.05) is 5.69 Å². The van der Waals surface area contributed by atoms with Crippen molar-refractivity contribution in [1.29, 1.82) is 0 Å². The predicted octanol–water partition coefficient (Wildman–Crippen LogP) is 3.81. The molecule has 9 heteroatoms. The molecule has 0 saturated heterocycles. The third-order valence-corrected chi connectivity index (χ3v) is 3.86. The second-order valence-electron chi connectivity index (χ2n) is 5.64. The highest BCUT2D eigenvalue weighted by molar-refractivity contribution is 6.03. The number of anilines is 1. The molecule has 2 N–H and O–H groups in total. The van der Waals surface area contributed by atoms with Crippen LogP contribution in [0.5, 0.6) is 5.75 Å². The van der Waals surface area contributed by atoms with Crippen molar-refractivity contribution in [1.82, 2.24) is 0 Å². The number of ether oxygens (including phenoxy) is 1. The average Bonchev–Trinajstić information content (AvgIpc) is 3.17. The number of aromatic carboxylic acids is 1. The zero-order valence-electron chi connectivity index (χ0n) is 14.5. The predicted molar refractivity (Wildman–Crippen MR) is 98.7 cm³/mol. The van der Waals surface area contributed by atoms with Gasteiger partial charge in [-0.15, -0.1) is 0 Å². The van der Waals surface area contributed by atoms with Crippen molar-refractivity contribution in [3.63, 3.8) is 0 Å². The van der Waals surface area contributed by atoms with Crippen LogP contribution in [0.15, 0.2) is 59.0 Å². The van der Waals surface area contributed by atoms with E-state index >= 15 is 0 Å². The first-order chi connectivity index (χ1) is 13.4. The highest BCUT2D eigenvalue weighted by Gasteiger charge is 2.21. The van der Waals surface area contributed by atoms with E-state index in [9.17, 15) is 19.7 Å². The molecule has 0 unspecified atom stereocenters. The number of nitrogens with one attached hydrogen (secondary N) is 1. The van der Waals surface area contributed by atoms with Gasteiger partial charge >= 0.3 is 5.97 Å². The Morgan fingerprint density at radius 3 is 2.61 bits per heavy atom. The summed E-state index contributed by atoms with van der Waals surface area (Å²) in [6.07, 6.45) is 0. The van der Waals surface area contributed by atoms with E-state index in [2.05, 4.69) is 5.32 Å². The number of furan rings is 1. The Labute approximate surface area is 158 Å². The number of carboxylic acids is 1. The molecule has 0 spiro atoms. The van der Waals surface area contributed by atoms with Crippen LogP contribution >= 0.6 is 0 Å². The molecule has 0 saturated carbocycles. The molecule has 3 aromatic rings. The summed E-state index contributed by atoms with van der Waals surface area (Å²) in [4.78, 5) is 34.1. The fourth-order valence-corrected chi connectivity index (χ4v) is 2.53. The Hall–Kier alpha value is -4.14. The standard InChI is InChI=1S/C19H14N2O7/c1-27-13-5-6-14(15(10-13)21(25)26)16-7-8-17(28-16)18(22)20-12-4-2-3-11(9-12)19(23)24/h2-10H,1H3,(H,20,22)(H,23,24). The summed E-state index contributed by atoms with van der Waals surface area (Å²) in [7, 11) is 1.40. The molecule has 142 valence electrons. The van der Waals surface area contributed by atoms with Crippen molar-refractivity contribution in [2.75, 3.05) is 12.4 Å². The van der Waals surface area contributed by atoms with E-state index in [1.165, 1.54) is 55.6 Å². The van der Waals surface area contributed by atoms with Crippen LogP contribution in [-0.2, 0) is 0 Å². The normalized spacial score (nSPS) is 10.3. The summed E-state index contributed by atoms with van der Waals surface area (Å²) in [5.74, 6) is -1.37. The molecular weight excluding hydrogens is 368 g/mol. The van der Waals surface area contributed by atoms with Crippen LogP contribution in [0, 0.1) is 10.1 Å². The fraction of sp³-hybridized carbons (Fsp3) is 0.0526. The molecule has 0 atom stereocenters. The molecule has 1 heterocycles. The second-order valence-corrected chi connectivity index (χ2v) is 5.64. The molecule has 2 aromatic carbocycles. The zero-order chi connectivity index (χ0) is 20.3. The van der Waals surface area contributed by atoms with E-state index in [4.69, 9.17) is 14.3 Å². The molecule has 9 nitrogen and oxygen atoms in total. The number of benzene rings is 2. The molecule has 3 rings (SSSR count). The van der Waals surface area contributed by atoms with Crippen LogP contribution in [0.4, 0.5) is 11.4 Å². The molecular formula is C19H14N2O7. The van der Waals surface area contributed by atoms with Crippen LogP contribution in [0.25, 0.3) is 11.3 Å². The van der Waals surface area contributed by atoms with E-state index in [1.807, 2.05) is 0 Å². The number of carbonyl (C=O) groups is 2. The summed E-state index contributed by atoms with van der Waals surface area (Å²) in [5.41, 5.74) is 0.262. The van der Waals surface area contributed by atoms with E-state index in [-0.39, 0.29) is 34.0 Å². The number of methoxy groups -OCH3 is 1. The highest BCUT2D eigenvalue weighted by Crippen LogP contribution is 2.34. The van der Waals surface area contributed by atoms with Gasteiger partial charge in [-0.2, -0.15) is 0 Å². The minimum atomic E-state index is -1.12. The van der Waals surface area contributed by atoms with Crippen LogP contribution in [0.2, 0.25) is 0 Å². The van der Waals surface area contributed by atoms with Crippen LogP contribution in [0.3, 0.4) is 0 Å². The third-order valence-electron chi connectivity index (χ3n) is 3.86. The molecule has 0 aliphatic heterocycles. The minimum Gasteiger partial charge on any atom is -0.497 e. The van der Waals surface area contributed by atoms with Crippen molar-refractivity contribution in [3.8, 4) is 17.1 Å². The Morgan fingerprint density at radius 1 is 1.14 bits per heavy atom. The van der Waals surface area contributed by atoms with E-state index in [0.717, 1.165) is 0 Å². The lowest BCUT2D eigenvalue weighted by Crippen LogP contribution is -2.11. The smallest absolute Gasteiger partial charge is 0.335 e.